The van der Waals surface area contributed by atoms with Crippen molar-refractivity contribution in [1.29, 1.82) is 0 Å². The molecule has 7 nitrogen and oxygen atoms in total. The van der Waals surface area contributed by atoms with Crippen molar-refractivity contribution >= 4 is 17.7 Å². The zero-order chi connectivity index (χ0) is 17.3. The number of rotatable bonds is 8. The second-order valence-corrected chi connectivity index (χ2v) is 6.38. The first-order chi connectivity index (χ1) is 12.3. The van der Waals surface area contributed by atoms with Gasteiger partial charge in [0.15, 0.2) is 0 Å². The zero-order valence-electron chi connectivity index (χ0n) is 13.6. The van der Waals surface area contributed by atoms with Crippen LogP contribution in [0.15, 0.2) is 53.7 Å². The van der Waals surface area contributed by atoms with Crippen LogP contribution in [0.4, 0.5) is 5.95 Å². The highest BCUT2D eigenvalue weighted by atomic mass is 32.2. The molecule has 0 fully saturated rings. The van der Waals surface area contributed by atoms with Crippen molar-refractivity contribution < 1.29 is 0 Å². The van der Waals surface area contributed by atoms with Crippen LogP contribution in [0.2, 0.25) is 0 Å². The third-order valence-corrected chi connectivity index (χ3v) is 4.36. The van der Waals surface area contributed by atoms with Crippen LogP contribution in [0.5, 0.6) is 0 Å². The molecule has 128 valence electrons. The molecule has 0 saturated heterocycles. The summed E-state index contributed by atoms with van der Waals surface area (Å²) in [4.78, 5) is 24.4. The number of aromatic nitrogens is 5. The predicted molar refractivity (Wildman–Crippen MR) is 98.6 cm³/mol. The van der Waals surface area contributed by atoms with Gasteiger partial charge in [0, 0.05) is 43.1 Å². The normalized spacial score (nSPS) is 10.6. The summed E-state index contributed by atoms with van der Waals surface area (Å²) >= 11 is 1.76. The summed E-state index contributed by atoms with van der Waals surface area (Å²) in [5, 5.41) is 9.99. The van der Waals surface area contributed by atoms with Crippen molar-refractivity contribution in [3.8, 4) is 0 Å². The third kappa shape index (κ3) is 5.39. The zero-order valence-corrected chi connectivity index (χ0v) is 14.4. The molecule has 3 heterocycles. The van der Waals surface area contributed by atoms with Gasteiger partial charge in [-0.05, 0) is 23.8 Å². The number of thioether (sulfide) groups is 1. The second-order valence-electron chi connectivity index (χ2n) is 5.27. The Labute approximate surface area is 149 Å². The smallest absolute Gasteiger partial charge is 0.296 e. The Morgan fingerprint density at radius 2 is 2.12 bits per heavy atom. The molecule has 8 heteroatoms. The lowest BCUT2D eigenvalue weighted by molar-refractivity contribution is 0.862. The molecule has 0 unspecified atom stereocenters. The maximum absolute atomic E-state index is 12.1. The molecule has 0 radical (unpaired) electrons. The summed E-state index contributed by atoms with van der Waals surface area (Å²) in [6, 6.07) is 9.62. The largest absolute Gasteiger partial charge is 0.354 e. The van der Waals surface area contributed by atoms with Gasteiger partial charge in [-0.3, -0.25) is 14.8 Å². The van der Waals surface area contributed by atoms with E-state index in [-0.39, 0.29) is 5.56 Å². The van der Waals surface area contributed by atoms with Crippen LogP contribution in [0, 0.1) is 0 Å². The van der Waals surface area contributed by atoms with E-state index in [2.05, 4.69) is 30.5 Å². The number of nitrogens with zero attached hydrogens (tertiary/aromatic N) is 4. The molecule has 0 aliphatic rings. The van der Waals surface area contributed by atoms with Gasteiger partial charge in [0.1, 0.15) is 5.69 Å². The van der Waals surface area contributed by atoms with Gasteiger partial charge in [-0.15, -0.1) is 0 Å². The van der Waals surface area contributed by atoms with Crippen LogP contribution in [0.3, 0.4) is 0 Å². The first kappa shape index (κ1) is 17.1. The van der Waals surface area contributed by atoms with Gasteiger partial charge < -0.3 is 5.32 Å². The molecule has 0 aliphatic carbocycles. The minimum absolute atomic E-state index is 0.328. The lowest BCUT2D eigenvalue weighted by atomic mass is 10.2. The Morgan fingerprint density at radius 1 is 1.16 bits per heavy atom. The molecule has 3 aromatic heterocycles. The molecular weight excluding hydrogens is 336 g/mol. The van der Waals surface area contributed by atoms with Crippen molar-refractivity contribution in [3.63, 3.8) is 0 Å². The SMILES string of the molecule is O=c1nc(NCCSCc2ccccn2)[nH]nc1Cc1cccnc1. The van der Waals surface area contributed by atoms with E-state index in [9.17, 15) is 4.79 Å². The van der Waals surface area contributed by atoms with E-state index >= 15 is 0 Å². The number of anilines is 1. The van der Waals surface area contributed by atoms with E-state index in [1.807, 2.05) is 30.3 Å². The highest BCUT2D eigenvalue weighted by molar-refractivity contribution is 7.98. The van der Waals surface area contributed by atoms with Gasteiger partial charge in [-0.25, -0.2) is 5.10 Å². The minimum atomic E-state index is -0.328. The molecule has 0 atom stereocenters. The van der Waals surface area contributed by atoms with Crippen molar-refractivity contribution in [1.82, 2.24) is 25.1 Å². The van der Waals surface area contributed by atoms with Crippen LogP contribution in [0.1, 0.15) is 17.0 Å². The van der Waals surface area contributed by atoms with E-state index in [4.69, 9.17) is 0 Å². The average molecular weight is 354 g/mol. The van der Waals surface area contributed by atoms with E-state index < -0.39 is 0 Å². The molecule has 0 aromatic carbocycles. The number of aromatic amines is 1. The molecular formula is C17H18N6OS. The Balaban J connectivity index is 1.45. The highest BCUT2D eigenvalue weighted by Crippen LogP contribution is 2.09. The third-order valence-electron chi connectivity index (χ3n) is 3.37. The van der Waals surface area contributed by atoms with Gasteiger partial charge in [-0.2, -0.15) is 21.8 Å². The number of H-pyrrole nitrogens is 1. The average Bonchev–Trinajstić information content (AvgIpc) is 2.65. The molecule has 25 heavy (non-hydrogen) atoms. The van der Waals surface area contributed by atoms with Gasteiger partial charge in [0.05, 0.1) is 5.69 Å². The van der Waals surface area contributed by atoms with E-state index in [0.29, 0.717) is 24.6 Å². The van der Waals surface area contributed by atoms with Gasteiger partial charge in [0.25, 0.3) is 5.56 Å². The number of nitrogens with one attached hydrogen (secondary N) is 2. The van der Waals surface area contributed by atoms with Crippen molar-refractivity contribution in [3.05, 3.63) is 76.2 Å². The molecule has 0 spiro atoms. The van der Waals surface area contributed by atoms with E-state index in [0.717, 1.165) is 22.8 Å². The van der Waals surface area contributed by atoms with Crippen LogP contribution in [-0.4, -0.2) is 37.4 Å². The minimum Gasteiger partial charge on any atom is -0.354 e. The molecule has 0 aliphatic heterocycles. The van der Waals surface area contributed by atoms with E-state index in [1.165, 1.54) is 0 Å². The topological polar surface area (TPSA) is 96.5 Å². The summed E-state index contributed by atoms with van der Waals surface area (Å²) < 4.78 is 0. The monoisotopic (exact) mass is 354 g/mol. The van der Waals surface area contributed by atoms with Gasteiger partial charge >= 0.3 is 0 Å². The number of hydrogen-bond donors (Lipinski definition) is 2. The quantitative estimate of drug-likeness (QED) is 0.596. The van der Waals surface area contributed by atoms with Gasteiger partial charge in [0.2, 0.25) is 5.95 Å². The summed E-state index contributed by atoms with van der Waals surface area (Å²) in [5.74, 6) is 2.12. The lowest BCUT2D eigenvalue weighted by Crippen LogP contribution is -2.20. The Kier molecular flexibility index (Phi) is 6.11. The second kappa shape index (κ2) is 8.93. The van der Waals surface area contributed by atoms with Crippen LogP contribution in [0.25, 0.3) is 0 Å². The molecule has 3 aromatic rings. The summed E-state index contributed by atoms with van der Waals surface area (Å²) in [6.45, 7) is 0.685. The standard InChI is InChI=1S/C17H18N6OS/c24-16-15(10-13-4-3-6-18-11-13)22-23-17(21-16)20-8-9-25-12-14-5-1-2-7-19-14/h1-7,11H,8-10,12H2,(H2,20,21,23,24). The Hall–Kier alpha value is -2.74. The van der Waals surface area contributed by atoms with Crippen LogP contribution >= 0.6 is 11.8 Å². The molecule has 3 rings (SSSR count). The summed E-state index contributed by atoms with van der Waals surface area (Å²) in [6.07, 6.45) is 5.61. The fourth-order valence-electron chi connectivity index (χ4n) is 2.15. The summed E-state index contributed by atoms with van der Waals surface area (Å²) in [5.41, 5.74) is 2.03. The molecule has 2 N–H and O–H groups in total. The van der Waals surface area contributed by atoms with Gasteiger partial charge in [-0.1, -0.05) is 12.1 Å². The molecule has 0 bridgehead atoms. The van der Waals surface area contributed by atoms with Crippen molar-refractivity contribution in [2.24, 2.45) is 0 Å². The first-order valence-corrected chi connectivity index (χ1v) is 9.03. The summed E-state index contributed by atoms with van der Waals surface area (Å²) in [7, 11) is 0. The predicted octanol–water partition coefficient (Wildman–Crippen LogP) is 1.89. The van der Waals surface area contributed by atoms with Crippen molar-refractivity contribution in [2.75, 3.05) is 17.6 Å². The number of pyridine rings is 2. The fraction of sp³-hybridized carbons (Fsp3) is 0.235. The van der Waals surface area contributed by atoms with Crippen LogP contribution in [-0.2, 0) is 12.2 Å². The maximum atomic E-state index is 12.1. The molecule has 0 saturated carbocycles. The Morgan fingerprint density at radius 3 is 2.88 bits per heavy atom. The van der Waals surface area contributed by atoms with Crippen molar-refractivity contribution in [2.45, 2.75) is 12.2 Å². The first-order valence-electron chi connectivity index (χ1n) is 7.87. The van der Waals surface area contributed by atoms with Crippen LogP contribution < -0.4 is 10.9 Å². The molecule has 0 amide bonds. The van der Waals surface area contributed by atoms with E-state index in [1.54, 1.807) is 30.4 Å². The maximum Gasteiger partial charge on any atom is 0.296 e. The number of hydrogen-bond acceptors (Lipinski definition) is 7. The lowest BCUT2D eigenvalue weighted by Gasteiger charge is -2.05. The Bertz CT molecular complexity index is 841. The highest BCUT2D eigenvalue weighted by Gasteiger charge is 2.06. The fourth-order valence-corrected chi connectivity index (χ4v) is 2.92.